The second-order valence-corrected chi connectivity index (χ2v) is 4.68. The first-order valence-corrected chi connectivity index (χ1v) is 6.42. The predicted molar refractivity (Wildman–Crippen MR) is 80.0 cm³/mol. The molecule has 3 rings (SSSR count). The quantitative estimate of drug-likeness (QED) is 0.747. The SMILES string of the molecule is O=C(Nc1ccc2ccccc2c1)c1ccc(F)cc1O. The van der Waals surface area contributed by atoms with E-state index in [2.05, 4.69) is 5.32 Å². The maximum absolute atomic E-state index is 12.9. The van der Waals surface area contributed by atoms with Crippen LogP contribution in [0.15, 0.2) is 60.7 Å². The lowest BCUT2D eigenvalue weighted by Gasteiger charge is -2.08. The molecule has 0 atom stereocenters. The minimum Gasteiger partial charge on any atom is -0.507 e. The van der Waals surface area contributed by atoms with Crippen molar-refractivity contribution in [3.05, 3.63) is 72.0 Å². The molecule has 104 valence electrons. The largest absolute Gasteiger partial charge is 0.507 e. The zero-order valence-electron chi connectivity index (χ0n) is 11.0. The molecule has 0 bridgehead atoms. The third-order valence-corrected chi connectivity index (χ3v) is 3.21. The van der Waals surface area contributed by atoms with Crippen molar-refractivity contribution in [2.24, 2.45) is 0 Å². The molecule has 2 N–H and O–H groups in total. The van der Waals surface area contributed by atoms with Gasteiger partial charge in [0.25, 0.3) is 5.91 Å². The number of carbonyl (C=O) groups is 1. The molecule has 1 amide bonds. The van der Waals surface area contributed by atoms with Gasteiger partial charge in [-0.25, -0.2) is 4.39 Å². The van der Waals surface area contributed by atoms with Crippen LogP contribution in [0.3, 0.4) is 0 Å². The van der Waals surface area contributed by atoms with Crippen LogP contribution in [0.2, 0.25) is 0 Å². The number of hydrogen-bond acceptors (Lipinski definition) is 2. The molecule has 0 unspecified atom stereocenters. The summed E-state index contributed by atoms with van der Waals surface area (Å²) in [4.78, 5) is 12.1. The zero-order chi connectivity index (χ0) is 14.8. The van der Waals surface area contributed by atoms with Crippen molar-refractivity contribution in [3.63, 3.8) is 0 Å². The van der Waals surface area contributed by atoms with E-state index in [1.165, 1.54) is 6.07 Å². The number of phenolic OH excluding ortho intramolecular Hbond substituents is 1. The molecule has 0 aliphatic rings. The summed E-state index contributed by atoms with van der Waals surface area (Å²) in [5, 5.41) is 14.4. The van der Waals surface area contributed by atoms with Gasteiger partial charge in [-0.3, -0.25) is 4.79 Å². The van der Waals surface area contributed by atoms with Crippen LogP contribution in [-0.4, -0.2) is 11.0 Å². The molecule has 3 aromatic carbocycles. The molecule has 0 heterocycles. The summed E-state index contributed by atoms with van der Waals surface area (Å²) in [6, 6.07) is 16.6. The first kappa shape index (κ1) is 13.1. The summed E-state index contributed by atoms with van der Waals surface area (Å²) in [5.74, 6) is -1.45. The van der Waals surface area contributed by atoms with Gasteiger partial charge in [-0.1, -0.05) is 30.3 Å². The van der Waals surface area contributed by atoms with Gasteiger partial charge < -0.3 is 10.4 Å². The summed E-state index contributed by atoms with van der Waals surface area (Å²) >= 11 is 0. The number of rotatable bonds is 2. The Bertz CT molecular complexity index is 830. The Morgan fingerprint density at radius 3 is 2.48 bits per heavy atom. The highest BCUT2D eigenvalue weighted by Gasteiger charge is 2.12. The number of hydrogen-bond donors (Lipinski definition) is 2. The van der Waals surface area contributed by atoms with Gasteiger partial charge in [0.1, 0.15) is 11.6 Å². The van der Waals surface area contributed by atoms with E-state index in [-0.39, 0.29) is 11.3 Å². The smallest absolute Gasteiger partial charge is 0.259 e. The molecule has 3 nitrogen and oxygen atoms in total. The lowest BCUT2D eigenvalue weighted by atomic mass is 10.1. The number of phenols is 1. The van der Waals surface area contributed by atoms with Crippen molar-refractivity contribution < 1.29 is 14.3 Å². The molecule has 0 aliphatic heterocycles. The average molecular weight is 281 g/mol. The van der Waals surface area contributed by atoms with Crippen LogP contribution in [0.25, 0.3) is 10.8 Å². The van der Waals surface area contributed by atoms with E-state index in [1.54, 1.807) is 6.07 Å². The summed E-state index contributed by atoms with van der Waals surface area (Å²) in [6.45, 7) is 0. The number of nitrogens with one attached hydrogen (secondary N) is 1. The van der Waals surface area contributed by atoms with E-state index in [4.69, 9.17) is 0 Å². The Balaban J connectivity index is 1.89. The third kappa shape index (κ3) is 2.69. The Kier molecular flexibility index (Phi) is 3.28. The Labute approximate surface area is 120 Å². The summed E-state index contributed by atoms with van der Waals surface area (Å²) in [7, 11) is 0. The normalized spacial score (nSPS) is 10.5. The van der Waals surface area contributed by atoms with Crippen LogP contribution >= 0.6 is 0 Å². The molecule has 0 radical (unpaired) electrons. The molecule has 0 saturated heterocycles. The van der Waals surface area contributed by atoms with Gasteiger partial charge in [-0.2, -0.15) is 0 Å². The molecule has 0 fully saturated rings. The Morgan fingerprint density at radius 1 is 0.952 bits per heavy atom. The Hall–Kier alpha value is -2.88. The third-order valence-electron chi connectivity index (χ3n) is 3.21. The molecule has 0 aromatic heterocycles. The van der Waals surface area contributed by atoms with Gasteiger partial charge in [-0.15, -0.1) is 0 Å². The van der Waals surface area contributed by atoms with Crippen molar-refractivity contribution in [1.82, 2.24) is 0 Å². The number of anilines is 1. The molecule has 21 heavy (non-hydrogen) atoms. The zero-order valence-corrected chi connectivity index (χ0v) is 11.0. The van der Waals surface area contributed by atoms with Gasteiger partial charge in [-0.05, 0) is 35.0 Å². The van der Waals surface area contributed by atoms with Crippen LogP contribution in [0, 0.1) is 5.82 Å². The first-order valence-electron chi connectivity index (χ1n) is 6.42. The fourth-order valence-electron chi connectivity index (χ4n) is 2.16. The molecule has 0 saturated carbocycles. The van der Waals surface area contributed by atoms with Gasteiger partial charge in [0, 0.05) is 11.8 Å². The first-order chi connectivity index (χ1) is 10.1. The van der Waals surface area contributed by atoms with Crippen LogP contribution in [0.5, 0.6) is 5.75 Å². The number of carbonyl (C=O) groups excluding carboxylic acids is 1. The molecular formula is C17H12FNO2. The maximum atomic E-state index is 12.9. The van der Waals surface area contributed by atoms with E-state index in [9.17, 15) is 14.3 Å². The van der Waals surface area contributed by atoms with Crippen molar-refractivity contribution in [2.75, 3.05) is 5.32 Å². The lowest BCUT2D eigenvalue weighted by Crippen LogP contribution is -2.12. The van der Waals surface area contributed by atoms with Crippen molar-refractivity contribution >= 4 is 22.4 Å². The van der Waals surface area contributed by atoms with Crippen LogP contribution in [0.1, 0.15) is 10.4 Å². The van der Waals surface area contributed by atoms with Crippen LogP contribution < -0.4 is 5.32 Å². The molecule has 0 aliphatic carbocycles. The summed E-state index contributed by atoms with van der Waals surface area (Å²) in [6.07, 6.45) is 0. The number of halogens is 1. The molecular weight excluding hydrogens is 269 g/mol. The number of benzene rings is 3. The van der Waals surface area contributed by atoms with Gasteiger partial charge in [0.05, 0.1) is 5.56 Å². The minimum atomic E-state index is -0.588. The van der Waals surface area contributed by atoms with E-state index in [0.717, 1.165) is 22.9 Å². The van der Waals surface area contributed by atoms with E-state index in [0.29, 0.717) is 5.69 Å². The number of fused-ring (bicyclic) bond motifs is 1. The molecule has 3 aromatic rings. The van der Waals surface area contributed by atoms with Gasteiger partial charge in [0.2, 0.25) is 0 Å². The van der Waals surface area contributed by atoms with Crippen molar-refractivity contribution in [1.29, 1.82) is 0 Å². The molecule has 0 spiro atoms. The van der Waals surface area contributed by atoms with E-state index < -0.39 is 11.7 Å². The highest BCUT2D eigenvalue weighted by atomic mass is 19.1. The van der Waals surface area contributed by atoms with Gasteiger partial charge >= 0.3 is 0 Å². The second-order valence-electron chi connectivity index (χ2n) is 4.68. The highest BCUT2D eigenvalue weighted by Crippen LogP contribution is 2.22. The monoisotopic (exact) mass is 281 g/mol. The topological polar surface area (TPSA) is 49.3 Å². The summed E-state index contributed by atoms with van der Waals surface area (Å²) < 4.78 is 12.9. The second kappa shape index (κ2) is 5.25. The van der Waals surface area contributed by atoms with Crippen LogP contribution in [0.4, 0.5) is 10.1 Å². The standard InChI is InChI=1S/C17H12FNO2/c18-13-6-8-15(16(20)10-13)17(21)19-14-7-5-11-3-1-2-4-12(11)9-14/h1-10,20H,(H,19,21). The fourth-order valence-corrected chi connectivity index (χ4v) is 2.16. The van der Waals surface area contributed by atoms with E-state index in [1.807, 2.05) is 36.4 Å². The highest BCUT2D eigenvalue weighted by molar-refractivity contribution is 6.06. The number of amides is 1. The van der Waals surface area contributed by atoms with Gasteiger partial charge in [0.15, 0.2) is 0 Å². The average Bonchev–Trinajstić information content (AvgIpc) is 2.47. The van der Waals surface area contributed by atoms with Crippen LogP contribution in [-0.2, 0) is 0 Å². The number of aromatic hydroxyl groups is 1. The predicted octanol–water partition coefficient (Wildman–Crippen LogP) is 3.94. The van der Waals surface area contributed by atoms with Crippen molar-refractivity contribution in [2.45, 2.75) is 0 Å². The minimum absolute atomic E-state index is 0.0320. The van der Waals surface area contributed by atoms with Crippen molar-refractivity contribution in [3.8, 4) is 5.75 Å². The van der Waals surface area contributed by atoms with E-state index >= 15 is 0 Å². The fraction of sp³-hybridized carbons (Fsp3) is 0. The summed E-state index contributed by atoms with van der Waals surface area (Å²) in [5.41, 5.74) is 0.645. The lowest BCUT2D eigenvalue weighted by molar-refractivity contribution is 0.102. The maximum Gasteiger partial charge on any atom is 0.259 e. The molecule has 4 heteroatoms. The Morgan fingerprint density at radius 2 is 1.71 bits per heavy atom.